The van der Waals surface area contributed by atoms with Gasteiger partial charge in [0.15, 0.2) is 0 Å². The van der Waals surface area contributed by atoms with Crippen molar-refractivity contribution in [1.29, 1.82) is 0 Å². The fourth-order valence-corrected chi connectivity index (χ4v) is 3.58. The maximum atomic E-state index is 13.6. The van der Waals surface area contributed by atoms with Gasteiger partial charge in [0.05, 0.1) is 13.1 Å². The molecule has 0 aliphatic heterocycles. The molecule has 0 aliphatic carbocycles. The van der Waals surface area contributed by atoms with Crippen LogP contribution in [0.25, 0.3) is 0 Å². The Morgan fingerprint density at radius 2 is 1.64 bits per heavy atom. The van der Waals surface area contributed by atoms with Crippen LogP contribution < -0.4 is 10.0 Å². The van der Waals surface area contributed by atoms with E-state index in [1.165, 1.54) is 19.2 Å². The Labute approximate surface area is 163 Å². The monoisotopic (exact) mass is 407 g/mol. The van der Waals surface area contributed by atoms with E-state index in [-0.39, 0.29) is 6.54 Å². The number of carbonyl (C=O) groups excluding carboxylic acids is 2. The molecule has 9 heteroatoms. The van der Waals surface area contributed by atoms with Crippen LogP contribution >= 0.6 is 0 Å². The molecule has 2 rings (SSSR count). The number of carbonyl (C=O) groups is 2. The molecule has 0 unspecified atom stereocenters. The summed E-state index contributed by atoms with van der Waals surface area (Å²) in [4.78, 5) is 24.9. The minimum Gasteiger partial charge on any atom is -0.335 e. The highest BCUT2D eigenvalue weighted by Gasteiger charge is 2.21. The molecule has 0 saturated carbocycles. The first kappa shape index (κ1) is 21.5. The standard InChI is InChI=1S/C19H22FN3O4S/c1-13-7-6-8-14(2)19(13)22-17(24)12-23(3)18(25)11-21-28(26,27)16-10-5-4-9-15(16)20/h4-10,21H,11-12H2,1-3H3,(H,22,24). The molecule has 0 atom stereocenters. The topological polar surface area (TPSA) is 95.6 Å². The highest BCUT2D eigenvalue weighted by molar-refractivity contribution is 7.89. The maximum absolute atomic E-state index is 13.6. The van der Waals surface area contributed by atoms with Crippen molar-refractivity contribution in [2.45, 2.75) is 18.7 Å². The summed E-state index contributed by atoms with van der Waals surface area (Å²) in [6.07, 6.45) is 0. The number of nitrogens with zero attached hydrogens (tertiary/aromatic N) is 1. The second-order valence-electron chi connectivity index (χ2n) is 6.32. The van der Waals surface area contributed by atoms with Gasteiger partial charge >= 0.3 is 0 Å². The molecule has 0 aliphatic rings. The number of halogens is 1. The molecular weight excluding hydrogens is 385 g/mol. The zero-order valence-corrected chi connectivity index (χ0v) is 16.6. The Morgan fingerprint density at radius 1 is 1.04 bits per heavy atom. The van der Waals surface area contributed by atoms with E-state index in [1.54, 1.807) is 0 Å². The van der Waals surface area contributed by atoms with Gasteiger partial charge in [0, 0.05) is 12.7 Å². The largest absolute Gasteiger partial charge is 0.335 e. The number of likely N-dealkylation sites (N-methyl/N-ethyl adjacent to an activating group) is 1. The highest BCUT2D eigenvalue weighted by Crippen LogP contribution is 2.19. The van der Waals surface area contributed by atoms with Gasteiger partial charge in [-0.05, 0) is 37.1 Å². The summed E-state index contributed by atoms with van der Waals surface area (Å²) < 4.78 is 39.9. The third kappa shape index (κ3) is 5.37. The molecule has 28 heavy (non-hydrogen) atoms. The maximum Gasteiger partial charge on any atom is 0.243 e. The summed E-state index contributed by atoms with van der Waals surface area (Å²) in [7, 11) is -2.80. The van der Waals surface area contributed by atoms with Gasteiger partial charge in [-0.3, -0.25) is 9.59 Å². The van der Waals surface area contributed by atoms with Gasteiger partial charge in [-0.25, -0.2) is 17.5 Å². The Bertz CT molecular complexity index is 972. The first-order chi connectivity index (χ1) is 13.1. The molecule has 0 saturated heterocycles. The number of anilines is 1. The number of nitrogens with one attached hydrogen (secondary N) is 2. The molecule has 0 bridgehead atoms. The van der Waals surface area contributed by atoms with Crippen molar-refractivity contribution < 1.29 is 22.4 Å². The van der Waals surface area contributed by atoms with Crippen molar-refractivity contribution in [2.24, 2.45) is 0 Å². The van der Waals surface area contributed by atoms with Crippen molar-refractivity contribution in [3.05, 3.63) is 59.4 Å². The molecule has 2 aromatic rings. The molecule has 0 fully saturated rings. The fraction of sp³-hybridized carbons (Fsp3) is 0.263. The molecule has 0 aromatic heterocycles. The summed E-state index contributed by atoms with van der Waals surface area (Å²) in [6, 6.07) is 10.4. The molecule has 2 N–H and O–H groups in total. The average Bonchev–Trinajstić information content (AvgIpc) is 2.63. The van der Waals surface area contributed by atoms with Crippen LogP contribution in [0.15, 0.2) is 47.4 Å². The number of benzene rings is 2. The number of aryl methyl sites for hydroxylation is 2. The normalized spacial score (nSPS) is 11.1. The number of hydrogen-bond acceptors (Lipinski definition) is 4. The zero-order valence-electron chi connectivity index (χ0n) is 15.8. The van der Waals surface area contributed by atoms with E-state index < -0.39 is 39.1 Å². The Balaban J connectivity index is 1.94. The predicted molar refractivity (Wildman–Crippen MR) is 104 cm³/mol. The molecule has 0 spiro atoms. The van der Waals surface area contributed by atoms with E-state index >= 15 is 0 Å². The summed E-state index contributed by atoms with van der Waals surface area (Å²) >= 11 is 0. The summed E-state index contributed by atoms with van der Waals surface area (Å²) in [5, 5.41) is 2.75. The molecule has 0 heterocycles. The lowest BCUT2D eigenvalue weighted by Crippen LogP contribution is -2.41. The van der Waals surface area contributed by atoms with Crippen molar-refractivity contribution >= 4 is 27.5 Å². The van der Waals surface area contributed by atoms with E-state index in [4.69, 9.17) is 0 Å². The zero-order chi connectivity index (χ0) is 20.9. The van der Waals surface area contributed by atoms with Gasteiger partial charge in [0.1, 0.15) is 10.7 Å². The van der Waals surface area contributed by atoms with E-state index in [0.717, 1.165) is 28.2 Å². The Hall–Kier alpha value is -2.78. The highest BCUT2D eigenvalue weighted by atomic mass is 32.2. The smallest absolute Gasteiger partial charge is 0.243 e. The van der Waals surface area contributed by atoms with Gasteiger partial charge in [0.25, 0.3) is 0 Å². The van der Waals surface area contributed by atoms with Gasteiger partial charge in [-0.1, -0.05) is 30.3 Å². The molecule has 0 radical (unpaired) electrons. The Kier molecular flexibility index (Phi) is 6.87. The van der Waals surface area contributed by atoms with Crippen LogP contribution in [0.1, 0.15) is 11.1 Å². The van der Waals surface area contributed by atoms with E-state index in [2.05, 4.69) is 5.32 Å². The Morgan fingerprint density at radius 3 is 2.25 bits per heavy atom. The lowest BCUT2D eigenvalue weighted by Gasteiger charge is -2.18. The van der Waals surface area contributed by atoms with Crippen LogP contribution in [0.2, 0.25) is 0 Å². The van der Waals surface area contributed by atoms with Gasteiger partial charge in [-0.15, -0.1) is 0 Å². The number of sulfonamides is 1. The third-order valence-corrected chi connectivity index (χ3v) is 5.53. The lowest BCUT2D eigenvalue weighted by atomic mass is 10.1. The van der Waals surface area contributed by atoms with Crippen LogP contribution in [-0.2, 0) is 19.6 Å². The summed E-state index contributed by atoms with van der Waals surface area (Å²) in [5.74, 6) is -1.95. The van der Waals surface area contributed by atoms with Crippen molar-refractivity contribution in [3.8, 4) is 0 Å². The molecular formula is C19H22FN3O4S. The molecule has 150 valence electrons. The summed E-state index contributed by atoms with van der Waals surface area (Å²) in [5.41, 5.74) is 2.45. The van der Waals surface area contributed by atoms with Crippen molar-refractivity contribution in [1.82, 2.24) is 9.62 Å². The second kappa shape index (κ2) is 8.94. The molecule has 2 amide bonds. The van der Waals surface area contributed by atoms with E-state index in [0.29, 0.717) is 5.69 Å². The first-order valence-corrected chi connectivity index (χ1v) is 9.94. The summed E-state index contributed by atoms with van der Waals surface area (Å²) in [6.45, 7) is 2.86. The minimum absolute atomic E-state index is 0.256. The van der Waals surface area contributed by atoms with Gasteiger partial charge in [0.2, 0.25) is 21.8 Å². The predicted octanol–water partition coefficient (Wildman–Crippen LogP) is 1.82. The van der Waals surface area contributed by atoms with Crippen molar-refractivity contribution in [2.75, 3.05) is 25.5 Å². The first-order valence-electron chi connectivity index (χ1n) is 8.46. The molecule has 7 nitrogen and oxygen atoms in total. The number of para-hydroxylation sites is 1. The average molecular weight is 407 g/mol. The van der Waals surface area contributed by atoms with Crippen LogP contribution in [0.5, 0.6) is 0 Å². The van der Waals surface area contributed by atoms with Gasteiger partial charge < -0.3 is 10.2 Å². The van der Waals surface area contributed by atoms with Crippen molar-refractivity contribution in [3.63, 3.8) is 0 Å². The molecule has 2 aromatic carbocycles. The minimum atomic E-state index is -4.18. The fourth-order valence-electron chi connectivity index (χ4n) is 2.53. The number of hydrogen-bond donors (Lipinski definition) is 2. The lowest BCUT2D eigenvalue weighted by molar-refractivity contribution is -0.132. The SMILES string of the molecule is Cc1cccc(C)c1NC(=O)CN(C)C(=O)CNS(=O)(=O)c1ccccc1F. The number of amides is 2. The third-order valence-electron chi connectivity index (χ3n) is 4.09. The van der Waals surface area contributed by atoms with Crippen LogP contribution in [0.4, 0.5) is 10.1 Å². The van der Waals surface area contributed by atoms with E-state index in [1.807, 2.05) is 36.8 Å². The number of rotatable bonds is 7. The quantitative estimate of drug-likeness (QED) is 0.732. The second-order valence-corrected chi connectivity index (χ2v) is 8.06. The van der Waals surface area contributed by atoms with Gasteiger partial charge in [-0.2, -0.15) is 0 Å². The van der Waals surface area contributed by atoms with E-state index in [9.17, 15) is 22.4 Å². The van der Waals surface area contributed by atoms with Crippen LogP contribution in [0, 0.1) is 19.7 Å². The van der Waals surface area contributed by atoms with Crippen LogP contribution in [0.3, 0.4) is 0 Å². The van der Waals surface area contributed by atoms with Crippen LogP contribution in [-0.4, -0.2) is 45.3 Å².